The number of aliphatic hydroxyl groups excluding tert-OH is 1. The molecule has 6 atom stereocenters. The molecule has 2 fully saturated rings. The normalized spacial score (nSPS) is 40.5. The number of hydrogen-bond donors (Lipinski definition) is 3. The number of fused-ring (bicyclic) bond motifs is 5. The van der Waals surface area contributed by atoms with Gasteiger partial charge in [0.05, 0.1) is 6.10 Å². The van der Waals surface area contributed by atoms with Crippen molar-refractivity contribution in [1.29, 1.82) is 0 Å². The molecule has 3 aliphatic rings. The van der Waals surface area contributed by atoms with Crippen LogP contribution in [0.15, 0.2) is 12.1 Å². The standard InChI is InChI=1S/C20H27NO3/c1-10-3-8-15(22)12-5-4-11-13-6-7-14(19(21)24)20(13,2)9-16(23)18(11)17(10)12/h3,8,11,13-14,16,18,22-23H,4-7,9H2,1-2H3,(H2,21,24). The van der Waals surface area contributed by atoms with Gasteiger partial charge in [-0.15, -0.1) is 0 Å². The zero-order chi connectivity index (χ0) is 17.2. The summed E-state index contributed by atoms with van der Waals surface area (Å²) in [6, 6.07) is 3.73. The van der Waals surface area contributed by atoms with E-state index in [2.05, 4.69) is 13.8 Å². The lowest BCUT2D eigenvalue weighted by Gasteiger charge is -2.53. The van der Waals surface area contributed by atoms with Gasteiger partial charge in [0.25, 0.3) is 0 Å². The van der Waals surface area contributed by atoms with E-state index in [1.165, 1.54) is 0 Å². The van der Waals surface area contributed by atoms with Crippen LogP contribution in [0.5, 0.6) is 5.75 Å². The highest BCUT2D eigenvalue weighted by atomic mass is 16.3. The smallest absolute Gasteiger partial charge is 0.221 e. The molecule has 130 valence electrons. The summed E-state index contributed by atoms with van der Waals surface area (Å²) >= 11 is 0. The molecular formula is C20H27NO3. The summed E-state index contributed by atoms with van der Waals surface area (Å²) < 4.78 is 0. The van der Waals surface area contributed by atoms with E-state index in [0.717, 1.165) is 42.4 Å². The molecule has 4 N–H and O–H groups in total. The molecule has 0 bridgehead atoms. The van der Waals surface area contributed by atoms with Crippen molar-refractivity contribution in [2.75, 3.05) is 0 Å². The zero-order valence-electron chi connectivity index (χ0n) is 14.5. The second-order valence-electron chi connectivity index (χ2n) is 8.44. The van der Waals surface area contributed by atoms with Crippen molar-refractivity contribution in [1.82, 2.24) is 0 Å². The van der Waals surface area contributed by atoms with Crippen molar-refractivity contribution in [3.05, 3.63) is 28.8 Å². The molecule has 0 spiro atoms. The van der Waals surface area contributed by atoms with Crippen LogP contribution in [0.1, 0.15) is 55.2 Å². The number of phenols is 1. The fourth-order valence-corrected chi connectivity index (χ4v) is 6.44. The summed E-state index contributed by atoms with van der Waals surface area (Å²) in [4.78, 5) is 11.9. The molecule has 0 aromatic heterocycles. The number of primary amides is 1. The maximum absolute atomic E-state index is 11.9. The van der Waals surface area contributed by atoms with Crippen LogP contribution in [-0.4, -0.2) is 22.2 Å². The number of nitrogens with two attached hydrogens (primary N) is 1. The number of aliphatic hydroxyl groups is 1. The Bertz CT molecular complexity index is 700. The van der Waals surface area contributed by atoms with Crippen molar-refractivity contribution < 1.29 is 15.0 Å². The van der Waals surface area contributed by atoms with Gasteiger partial charge in [0.15, 0.2) is 0 Å². The highest BCUT2D eigenvalue weighted by Crippen LogP contribution is 2.63. The maximum Gasteiger partial charge on any atom is 0.221 e. The van der Waals surface area contributed by atoms with Crippen molar-refractivity contribution in [2.24, 2.45) is 28.9 Å². The number of rotatable bonds is 1. The van der Waals surface area contributed by atoms with Crippen LogP contribution in [0.2, 0.25) is 0 Å². The Morgan fingerprint density at radius 1 is 1.29 bits per heavy atom. The molecule has 1 amide bonds. The average molecular weight is 329 g/mol. The maximum atomic E-state index is 11.9. The topological polar surface area (TPSA) is 83.6 Å². The van der Waals surface area contributed by atoms with Crippen LogP contribution in [0.25, 0.3) is 0 Å². The van der Waals surface area contributed by atoms with Crippen LogP contribution in [0.3, 0.4) is 0 Å². The predicted molar refractivity (Wildman–Crippen MR) is 91.5 cm³/mol. The highest BCUT2D eigenvalue weighted by Gasteiger charge is 2.59. The Labute approximate surface area is 143 Å². The molecule has 6 unspecified atom stereocenters. The Kier molecular flexibility index (Phi) is 3.47. The monoisotopic (exact) mass is 329 g/mol. The average Bonchev–Trinajstić information content (AvgIpc) is 2.87. The third-order valence-corrected chi connectivity index (χ3v) is 7.41. The van der Waals surface area contributed by atoms with Crippen molar-refractivity contribution in [2.45, 2.75) is 58.0 Å². The summed E-state index contributed by atoms with van der Waals surface area (Å²) in [5.41, 5.74) is 8.81. The minimum absolute atomic E-state index is 0.0746. The molecule has 24 heavy (non-hydrogen) atoms. The van der Waals surface area contributed by atoms with Gasteiger partial charge in [0.1, 0.15) is 5.75 Å². The van der Waals surface area contributed by atoms with Crippen LogP contribution < -0.4 is 5.73 Å². The van der Waals surface area contributed by atoms with E-state index in [-0.39, 0.29) is 23.2 Å². The molecular weight excluding hydrogens is 302 g/mol. The number of carbonyl (C=O) groups excluding carboxylic acids is 1. The number of amides is 1. The van der Waals surface area contributed by atoms with Gasteiger partial charge >= 0.3 is 0 Å². The third-order valence-electron chi connectivity index (χ3n) is 7.41. The van der Waals surface area contributed by atoms with Crippen LogP contribution >= 0.6 is 0 Å². The summed E-state index contributed by atoms with van der Waals surface area (Å²) in [5, 5.41) is 21.3. The van der Waals surface area contributed by atoms with E-state index in [9.17, 15) is 15.0 Å². The van der Waals surface area contributed by atoms with Gasteiger partial charge in [-0.25, -0.2) is 0 Å². The first-order valence-corrected chi connectivity index (χ1v) is 9.13. The van der Waals surface area contributed by atoms with Gasteiger partial charge in [-0.3, -0.25) is 4.79 Å². The fourth-order valence-electron chi connectivity index (χ4n) is 6.44. The summed E-state index contributed by atoms with van der Waals surface area (Å²) in [6.45, 7) is 4.23. The SMILES string of the molecule is Cc1ccc(O)c2c1C1C(O)CC3(C)C(C(N)=O)CCC3C1CC2. The van der Waals surface area contributed by atoms with Gasteiger partial charge in [0.2, 0.25) is 5.91 Å². The molecule has 1 aromatic rings. The van der Waals surface area contributed by atoms with Gasteiger partial charge in [-0.05, 0) is 79.0 Å². The first-order chi connectivity index (χ1) is 11.3. The molecule has 0 radical (unpaired) electrons. The van der Waals surface area contributed by atoms with E-state index in [1.54, 1.807) is 6.07 Å². The van der Waals surface area contributed by atoms with Crippen molar-refractivity contribution in [3.63, 3.8) is 0 Å². The van der Waals surface area contributed by atoms with Crippen molar-refractivity contribution >= 4 is 5.91 Å². The first kappa shape index (κ1) is 15.9. The molecule has 2 saturated carbocycles. The second kappa shape index (κ2) is 5.22. The highest BCUT2D eigenvalue weighted by molar-refractivity contribution is 5.78. The third kappa shape index (κ3) is 1.98. The minimum Gasteiger partial charge on any atom is -0.508 e. The number of benzene rings is 1. The second-order valence-corrected chi connectivity index (χ2v) is 8.44. The lowest BCUT2D eigenvalue weighted by molar-refractivity contribution is -0.129. The lowest BCUT2D eigenvalue weighted by Crippen LogP contribution is -2.50. The number of phenolic OH excluding ortho intramolecular Hbond substituents is 1. The predicted octanol–water partition coefficient (Wildman–Crippen LogP) is 2.63. The molecule has 4 nitrogen and oxygen atoms in total. The number of aryl methyl sites for hydroxylation is 1. The number of aromatic hydroxyl groups is 1. The minimum atomic E-state index is -0.476. The van der Waals surface area contributed by atoms with Gasteiger partial charge < -0.3 is 15.9 Å². The summed E-state index contributed by atoms with van der Waals surface area (Å²) in [6.07, 6.45) is 3.84. The molecule has 1 aromatic carbocycles. The summed E-state index contributed by atoms with van der Waals surface area (Å²) in [5.74, 6) is 0.899. The Morgan fingerprint density at radius 3 is 2.75 bits per heavy atom. The van der Waals surface area contributed by atoms with Gasteiger partial charge in [0, 0.05) is 11.8 Å². The lowest BCUT2D eigenvalue weighted by atomic mass is 9.52. The molecule has 4 rings (SSSR count). The molecule has 0 aliphatic heterocycles. The fraction of sp³-hybridized carbons (Fsp3) is 0.650. The largest absolute Gasteiger partial charge is 0.508 e. The van der Waals surface area contributed by atoms with E-state index >= 15 is 0 Å². The van der Waals surface area contributed by atoms with Gasteiger partial charge in [-0.2, -0.15) is 0 Å². The van der Waals surface area contributed by atoms with Crippen LogP contribution in [0, 0.1) is 30.1 Å². The molecule has 4 heteroatoms. The molecule has 3 aliphatic carbocycles. The quantitative estimate of drug-likeness (QED) is 0.740. The number of carbonyl (C=O) groups is 1. The Balaban J connectivity index is 1.79. The van der Waals surface area contributed by atoms with E-state index in [1.807, 2.05) is 6.07 Å². The molecule has 0 saturated heterocycles. The zero-order valence-corrected chi connectivity index (χ0v) is 14.5. The Hall–Kier alpha value is -1.55. The van der Waals surface area contributed by atoms with Crippen molar-refractivity contribution in [3.8, 4) is 5.75 Å². The Morgan fingerprint density at radius 2 is 2.04 bits per heavy atom. The summed E-state index contributed by atoms with van der Waals surface area (Å²) in [7, 11) is 0. The van der Waals surface area contributed by atoms with Crippen LogP contribution in [0.4, 0.5) is 0 Å². The van der Waals surface area contributed by atoms with E-state index < -0.39 is 6.10 Å². The van der Waals surface area contributed by atoms with E-state index in [0.29, 0.717) is 24.0 Å². The number of hydrogen-bond acceptors (Lipinski definition) is 3. The molecule has 0 heterocycles. The van der Waals surface area contributed by atoms with Gasteiger partial charge in [-0.1, -0.05) is 13.0 Å². The van der Waals surface area contributed by atoms with E-state index in [4.69, 9.17) is 5.73 Å². The van der Waals surface area contributed by atoms with Crippen LogP contribution in [-0.2, 0) is 11.2 Å². The first-order valence-electron chi connectivity index (χ1n) is 9.13.